The lowest BCUT2D eigenvalue weighted by atomic mass is 9.59. The van der Waals surface area contributed by atoms with Gasteiger partial charge >= 0.3 is 0 Å². The standard InChI is InChI=1S/C24H34O/c1-22(2,3)25-21-10-9-20-19-8-7-16-15-23(4,5)13-11-17(16)18(19)12-14-24(20,21)6/h7-8,11-12,14-15,18-21H,9-10,13H2,1-6H3/t18-,19+,20-,21-,24-/m0/s1. The van der Waals surface area contributed by atoms with E-state index in [1.807, 2.05) is 0 Å². The van der Waals surface area contributed by atoms with Crippen molar-refractivity contribution in [2.45, 2.75) is 72.5 Å². The lowest BCUT2D eigenvalue weighted by Gasteiger charge is -2.47. The molecule has 25 heavy (non-hydrogen) atoms. The Bertz CT molecular complexity index is 681. The summed E-state index contributed by atoms with van der Waals surface area (Å²) in [6.45, 7) is 13.7. The lowest BCUT2D eigenvalue weighted by Crippen LogP contribution is -2.44. The van der Waals surface area contributed by atoms with E-state index in [1.165, 1.54) is 18.4 Å². The summed E-state index contributed by atoms with van der Waals surface area (Å²) in [5, 5.41) is 0. The summed E-state index contributed by atoms with van der Waals surface area (Å²) < 4.78 is 6.48. The first-order valence-electron chi connectivity index (χ1n) is 10.1. The zero-order valence-corrected chi connectivity index (χ0v) is 16.8. The van der Waals surface area contributed by atoms with Crippen LogP contribution < -0.4 is 0 Å². The molecule has 0 unspecified atom stereocenters. The fourth-order valence-electron chi connectivity index (χ4n) is 5.64. The van der Waals surface area contributed by atoms with E-state index in [2.05, 4.69) is 78.0 Å². The molecule has 0 aliphatic heterocycles. The van der Waals surface area contributed by atoms with Crippen LogP contribution in [0.3, 0.4) is 0 Å². The molecule has 1 nitrogen and oxygen atoms in total. The van der Waals surface area contributed by atoms with Crippen LogP contribution in [0.4, 0.5) is 0 Å². The first-order valence-corrected chi connectivity index (χ1v) is 10.1. The van der Waals surface area contributed by atoms with Crippen molar-refractivity contribution in [3.05, 3.63) is 47.6 Å². The molecular formula is C24H34O. The number of rotatable bonds is 1. The van der Waals surface area contributed by atoms with Crippen molar-refractivity contribution < 1.29 is 4.74 Å². The number of allylic oxidation sites excluding steroid dienone is 7. The highest BCUT2D eigenvalue weighted by molar-refractivity contribution is 5.51. The largest absolute Gasteiger partial charge is 0.372 e. The minimum absolute atomic E-state index is 0.0664. The Balaban J connectivity index is 1.66. The number of ether oxygens (including phenoxy) is 1. The van der Waals surface area contributed by atoms with Crippen LogP contribution in [0.25, 0.3) is 0 Å². The molecule has 1 heteroatoms. The van der Waals surface area contributed by atoms with E-state index >= 15 is 0 Å². The molecule has 0 N–H and O–H groups in total. The van der Waals surface area contributed by atoms with Crippen molar-refractivity contribution in [2.24, 2.45) is 28.6 Å². The van der Waals surface area contributed by atoms with E-state index in [1.54, 1.807) is 5.57 Å². The summed E-state index contributed by atoms with van der Waals surface area (Å²) in [5.41, 5.74) is 3.44. The highest BCUT2D eigenvalue weighted by Gasteiger charge is 2.53. The first-order chi connectivity index (χ1) is 11.6. The van der Waals surface area contributed by atoms with Gasteiger partial charge in [0.1, 0.15) is 0 Å². The van der Waals surface area contributed by atoms with Crippen molar-refractivity contribution in [3.63, 3.8) is 0 Å². The maximum atomic E-state index is 6.48. The molecule has 136 valence electrons. The Morgan fingerprint density at radius 2 is 1.84 bits per heavy atom. The van der Waals surface area contributed by atoms with Crippen molar-refractivity contribution in [2.75, 3.05) is 0 Å². The molecule has 0 saturated heterocycles. The van der Waals surface area contributed by atoms with Gasteiger partial charge in [0.05, 0.1) is 11.7 Å². The minimum atomic E-state index is -0.0664. The van der Waals surface area contributed by atoms with Crippen LogP contribution in [0.2, 0.25) is 0 Å². The third-order valence-corrected chi connectivity index (χ3v) is 6.86. The molecule has 4 aliphatic carbocycles. The topological polar surface area (TPSA) is 9.23 Å². The predicted octanol–water partition coefficient (Wildman–Crippen LogP) is 6.24. The van der Waals surface area contributed by atoms with Crippen LogP contribution in [0.5, 0.6) is 0 Å². The van der Waals surface area contributed by atoms with Gasteiger partial charge in [0.25, 0.3) is 0 Å². The normalized spacial score (nSPS) is 41.5. The second-order valence-corrected chi connectivity index (χ2v) is 10.5. The third kappa shape index (κ3) is 2.89. The Labute approximate surface area is 153 Å². The van der Waals surface area contributed by atoms with Crippen molar-refractivity contribution in [1.29, 1.82) is 0 Å². The van der Waals surface area contributed by atoms with Crippen molar-refractivity contribution in [3.8, 4) is 0 Å². The van der Waals surface area contributed by atoms with Crippen LogP contribution in [-0.4, -0.2) is 11.7 Å². The zero-order valence-electron chi connectivity index (χ0n) is 16.8. The first kappa shape index (κ1) is 17.3. The second kappa shape index (κ2) is 5.46. The molecule has 0 aromatic rings. The summed E-state index contributed by atoms with van der Waals surface area (Å²) in [7, 11) is 0. The van der Waals surface area contributed by atoms with E-state index in [9.17, 15) is 0 Å². The van der Waals surface area contributed by atoms with Crippen LogP contribution in [0, 0.1) is 28.6 Å². The highest BCUT2D eigenvalue weighted by Crippen LogP contribution is 2.58. The molecule has 0 heterocycles. The Morgan fingerprint density at radius 1 is 1.08 bits per heavy atom. The molecule has 4 rings (SSSR count). The maximum Gasteiger partial charge on any atom is 0.0673 e. The lowest BCUT2D eigenvalue weighted by molar-refractivity contribution is -0.0992. The van der Waals surface area contributed by atoms with Gasteiger partial charge in [0.15, 0.2) is 0 Å². The molecule has 0 radical (unpaired) electrons. The smallest absolute Gasteiger partial charge is 0.0673 e. The van der Waals surface area contributed by atoms with Gasteiger partial charge < -0.3 is 4.74 Å². The van der Waals surface area contributed by atoms with E-state index in [0.29, 0.717) is 29.3 Å². The summed E-state index contributed by atoms with van der Waals surface area (Å²) >= 11 is 0. The van der Waals surface area contributed by atoms with Gasteiger partial charge in [-0.2, -0.15) is 0 Å². The molecule has 0 aromatic heterocycles. The van der Waals surface area contributed by atoms with Crippen LogP contribution in [0.1, 0.15) is 60.8 Å². The summed E-state index contributed by atoms with van der Waals surface area (Å²) in [6, 6.07) is 0. The van der Waals surface area contributed by atoms with E-state index < -0.39 is 0 Å². The fraction of sp³-hybridized carbons (Fsp3) is 0.667. The predicted molar refractivity (Wildman–Crippen MR) is 105 cm³/mol. The van der Waals surface area contributed by atoms with Crippen molar-refractivity contribution in [1.82, 2.24) is 0 Å². The monoisotopic (exact) mass is 338 g/mol. The van der Waals surface area contributed by atoms with Gasteiger partial charge in [-0.1, -0.05) is 57.2 Å². The summed E-state index contributed by atoms with van der Waals surface area (Å²) in [4.78, 5) is 0. The molecular weight excluding hydrogens is 304 g/mol. The minimum Gasteiger partial charge on any atom is -0.372 e. The number of hydrogen-bond donors (Lipinski definition) is 0. The SMILES string of the molecule is CC1(C)C=C2C=C[C@@H]3[C@@H](C=C[C@]4(C)[C@@H](OC(C)(C)C)CC[C@@H]34)C2=CC1. The van der Waals surface area contributed by atoms with E-state index in [-0.39, 0.29) is 11.0 Å². The molecule has 0 bridgehead atoms. The number of hydrogen-bond acceptors (Lipinski definition) is 1. The summed E-state index contributed by atoms with van der Waals surface area (Å²) in [6.07, 6.45) is 18.9. The van der Waals surface area contributed by atoms with Crippen LogP contribution >= 0.6 is 0 Å². The summed E-state index contributed by atoms with van der Waals surface area (Å²) in [5.74, 6) is 1.90. The maximum absolute atomic E-state index is 6.48. The van der Waals surface area contributed by atoms with Gasteiger partial charge in [0.2, 0.25) is 0 Å². The van der Waals surface area contributed by atoms with Gasteiger partial charge in [-0.15, -0.1) is 0 Å². The van der Waals surface area contributed by atoms with Gasteiger partial charge in [-0.3, -0.25) is 0 Å². The second-order valence-electron chi connectivity index (χ2n) is 10.5. The molecule has 1 fully saturated rings. The van der Waals surface area contributed by atoms with E-state index in [0.717, 1.165) is 6.42 Å². The van der Waals surface area contributed by atoms with Crippen LogP contribution in [0.15, 0.2) is 47.6 Å². The van der Waals surface area contributed by atoms with Gasteiger partial charge in [-0.25, -0.2) is 0 Å². The average Bonchev–Trinajstić information content (AvgIpc) is 2.81. The fourth-order valence-corrected chi connectivity index (χ4v) is 5.64. The molecule has 5 atom stereocenters. The van der Waals surface area contributed by atoms with Crippen LogP contribution in [-0.2, 0) is 4.74 Å². The van der Waals surface area contributed by atoms with E-state index in [4.69, 9.17) is 4.74 Å². The molecule has 4 aliphatic rings. The zero-order chi connectivity index (χ0) is 18.0. The number of fused-ring (bicyclic) bond motifs is 5. The highest BCUT2D eigenvalue weighted by atomic mass is 16.5. The Hall–Kier alpha value is -1.08. The molecule has 0 amide bonds. The van der Waals surface area contributed by atoms with Gasteiger partial charge in [-0.05, 0) is 68.4 Å². The van der Waals surface area contributed by atoms with Crippen molar-refractivity contribution >= 4 is 0 Å². The molecule has 0 spiro atoms. The quantitative estimate of drug-likeness (QED) is 0.514. The Kier molecular flexibility index (Phi) is 3.79. The molecule has 0 aromatic carbocycles. The average molecular weight is 339 g/mol. The van der Waals surface area contributed by atoms with Gasteiger partial charge in [0, 0.05) is 11.3 Å². The molecule has 1 saturated carbocycles. The third-order valence-electron chi connectivity index (χ3n) is 6.86. The Morgan fingerprint density at radius 3 is 2.56 bits per heavy atom.